The second-order valence-corrected chi connectivity index (χ2v) is 5.93. The number of rotatable bonds is 5. The molecule has 1 saturated heterocycles. The number of nitrogens with zero attached hydrogens (tertiary/aromatic N) is 1. The van der Waals surface area contributed by atoms with Crippen molar-refractivity contribution in [2.45, 2.75) is 38.2 Å². The minimum atomic E-state index is -0.0498. The molecular formula is C16H26N2O. The van der Waals surface area contributed by atoms with Crippen molar-refractivity contribution in [1.82, 2.24) is 4.90 Å². The Morgan fingerprint density at radius 1 is 1.32 bits per heavy atom. The lowest BCUT2D eigenvalue weighted by Gasteiger charge is -2.39. The van der Waals surface area contributed by atoms with E-state index in [2.05, 4.69) is 43.1 Å². The van der Waals surface area contributed by atoms with E-state index in [0.717, 1.165) is 38.1 Å². The second kappa shape index (κ2) is 6.40. The van der Waals surface area contributed by atoms with Gasteiger partial charge in [0, 0.05) is 6.54 Å². The average Bonchev–Trinajstić information content (AvgIpc) is 2.37. The highest BCUT2D eigenvalue weighted by atomic mass is 16.5. The number of likely N-dealkylation sites (tertiary alicyclic amines) is 1. The van der Waals surface area contributed by atoms with E-state index in [1.807, 2.05) is 0 Å². The lowest BCUT2D eigenvalue weighted by molar-refractivity contribution is 0.0156. The van der Waals surface area contributed by atoms with Crippen molar-refractivity contribution < 1.29 is 4.74 Å². The summed E-state index contributed by atoms with van der Waals surface area (Å²) in [5, 5.41) is 0. The van der Waals surface area contributed by atoms with E-state index in [1.54, 1.807) is 0 Å². The maximum absolute atomic E-state index is 6.21. The highest BCUT2D eigenvalue weighted by Gasteiger charge is 2.31. The molecule has 1 fully saturated rings. The molecule has 1 aliphatic rings. The van der Waals surface area contributed by atoms with Crippen molar-refractivity contribution in [3.63, 3.8) is 0 Å². The predicted octanol–water partition coefficient (Wildman–Crippen LogP) is 2.44. The van der Waals surface area contributed by atoms with Gasteiger partial charge in [-0.05, 0) is 70.4 Å². The zero-order valence-electron chi connectivity index (χ0n) is 12.2. The van der Waals surface area contributed by atoms with Gasteiger partial charge >= 0.3 is 0 Å². The first-order valence-electron chi connectivity index (χ1n) is 7.28. The molecule has 1 unspecified atom stereocenters. The second-order valence-electron chi connectivity index (χ2n) is 5.93. The van der Waals surface area contributed by atoms with Crippen LogP contribution in [0.25, 0.3) is 0 Å². The number of nitrogens with two attached hydrogens (primary N) is 1. The first-order valence-corrected chi connectivity index (χ1v) is 7.28. The SMILES string of the molecule is CN1CCCC(C)(Oc2ccc(CCCN)cc2)C1. The predicted molar refractivity (Wildman–Crippen MR) is 79.6 cm³/mol. The Labute approximate surface area is 116 Å². The summed E-state index contributed by atoms with van der Waals surface area (Å²) in [6.45, 7) is 5.15. The van der Waals surface area contributed by atoms with Crippen LogP contribution in [0.15, 0.2) is 24.3 Å². The summed E-state index contributed by atoms with van der Waals surface area (Å²) in [6.07, 6.45) is 4.44. The third kappa shape index (κ3) is 4.22. The summed E-state index contributed by atoms with van der Waals surface area (Å²) in [6, 6.07) is 8.49. The maximum Gasteiger partial charge on any atom is 0.120 e. The third-order valence-electron chi connectivity index (χ3n) is 3.81. The summed E-state index contributed by atoms with van der Waals surface area (Å²) < 4.78 is 6.21. The number of hydrogen-bond donors (Lipinski definition) is 1. The van der Waals surface area contributed by atoms with Crippen molar-refractivity contribution >= 4 is 0 Å². The topological polar surface area (TPSA) is 38.5 Å². The Hall–Kier alpha value is -1.06. The minimum absolute atomic E-state index is 0.0498. The summed E-state index contributed by atoms with van der Waals surface area (Å²) in [5.41, 5.74) is 6.82. The van der Waals surface area contributed by atoms with Crippen molar-refractivity contribution in [2.75, 3.05) is 26.7 Å². The Bertz CT molecular complexity index is 390. The Morgan fingerprint density at radius 2 is 2.05 bits per heavy atom. The normalized spacial score (nSPS) is 24.4. The minimum Gasteiger partial charge on any atom is -0.486 e. The summed E-state index contributed by atoms with van der Waals surface area (Å²) >= 11 is 0. The van der Waals surface area contributed by atoms with Crippen LogP contribution in [0.3, 0.4) is 0 Å². The van der Waals surface area contributed by atoms with Crippen molar-refractivity contribution in [3.8, 4) is 5.75 Å². The van der Waals surface area contributed by atoms with Crippen LogP contribution in [-0.4, -0.2) is 37.2 Å². The van der Waals surface area contributed by atoms with Gasteiger partial charge in [0.05, 0.1) is 0 Å². The molecule has 0 aliphatic carbocycles. The molecule has 1 aliphatic heterocycles. The molecule has 106 valence electrons. The zero-order valence-corrected chi connectivity index (χ0v) is 12.2. The monoisotopic (exact) mass is 262 g/mol. The number of ether oxygens (including phenoxy) is 1. The fourth-order valence-electron chi connectivity index (χ4n) is 2.85. The van der Waals surface area contributed by atoms with Crippen LogP contribution >= 0.6 is 0 Å². The molecule has 0 amide bonds. The van der Waals surface area contributed by atoms with Crippen LogP contribution < -0.4 is 10.5 Å². The van der Waals surface area contributed by atoms with E-state index in [4.69, 9.17) is 10.5 Å². The quantitative estimate of drug-likeness (QED) is 0.886. The molecular weight excluding hydrogens is 236 g/mol. The molecule has 0 spiro atoms. The van der Waals surface area contributed by atoms with Gasteiger partial charge in [-0.15, -0.1) is 0 Å². The molecule has 2 N–H and O–H groups in total. The number of likely N-dealkylation sites (N-methyl/N-ethyl adjacent to an activating group) is 1. The maximum atomic E-state index is 6.21. The fraction of sp³-hybridized carbons (Fsp3) is 0.625. The van der Waals surface area contributed by atoms with Crippen LogP contribution in [0.4, 0.5) is 0 Å². The standard InChI is InChI=1S/C16H26N2O/c1-16(10-4-12-18(2)13-16)19-15-8-6-14(7-9-15)5-3-11-17/h6-9H,3-5,10-13,17H2,1-2H3. The van der Waals surface area contributed by atoms with E-state index in [1.165, 1.54) is 18.5 Å². The van der Waals surface area contributed by atoms with E-state index < -0.39 is 0 Å². The molecule has 2 rings (SSSR count). The summed E-state index contributed by atoms with van der Waals surface area (Å²) in [5.74, 6) is 0.981. The molecule has 3 nitrogen and oxygen atoms in total. The molecule has 3 heteroatoms. The third-order valence-corrected chi connectivity index (χ3v) is 3.81. The van der Waals surface area contributed by atoms with Gasteiger partial charge < -0.3 is 15.4 Å². The van der Waals surface area contributed by atoms with Crippen molar-refractivity contribution in [3.05, 3.63) is 29.8 Å². The molecule has 1 heterocycles. The molecule has 0 radical (unpaired) electrons. The van der Waals surface area contributed by atoms with Gasteiger partial charge in [0.2, 0.25) is 0 Å². The number of hydrogen-bond acceptors (Lipinski definition) is 3. The average molecular weight is 262 g/mol. The highest BCUT2D eigenvalue weighted by molar-refractivity contribution is 5.28. The van der Waals surface area contributed by atoms with Gasteiger partial charge in [-0.1, -0.05) is 12.1 Å². The van der Waals surface area contributed by atoms with Crippen LogP contribution in [0.5, 0.6) is 5.75 Å². The number of benzene rings is 1. The van der Waals surface area contributed by atoms with Gasteiger partial charge in [-0.3, -0.25) is 0 Å². The van der Waals surface area contributed by atoms with E-state index in [-0.39, 0.29) is 5.60 Å². The lowest BCUT2D eigenvalue weighted by atomic mass is 9.95. The summed E-state index contributed by atoms with van der Waals surface area (Å²) in [4.78, 5) is 2.35. The number of piperidine rings is 1. The fourth-order valence-corrected chi connectivity index (χ4v) is 2.85. The largest absolute Gasteiger partial charge is 0.486 e. The molecule has 0 aromatic heterocycles. The molecule has 1 aromatic rings. The lowest BCUT2D eigenvalue weighted by Crippen LogP contribution is -2.48. The van der Waals surface area contributed by atoms with Gasteiger partial charge in [0.25, 0.3) is 0 Å². The molecule has 0 saturated carbocycles. The molecule has 0 bridgehead atoms. The smallest absolute Gasteiger partial charge is 0.120 e. The van der Waals surface area contributed by atoms with Crippen LogP contribution in [0.1, 0.15) is 31.7 Å². The van der Waals surface area contributed by atoms with Crippen LogP contribution in [-0.2, 0) is 6.42 Å². The van der Waals surface area contributed by atoms with Crippen LogP contribution in [0, 0.1) is 0 Å². The van der Waals surface area contributed by atoms with Gasteiger partial charge in [0.1, 0.15) is 11.4 Å². The van der Waals surface area contributed by atoms with Crippen molar-refractivity contribution in [1.29, 1.82) is 0 Å². The van der Waals surface area contributed by atoms with E-state index in [9.17, 15) is 0 Å². The van der Waals surface area contributed by atoms with Crippen LogP contribution in [0.2, 0.25) is 0 Å². The summed E-state index contributed by atoms with van der Waals surface area (Å²) in [7, 11) is 2.16. The highest BCUT2D eigenvalue weighted by Crippen LogP contribution is 2.27. The molecule has 1 atom stereocenters. The van der Waals surface area contributed by atoms with Gasteiger partial charge in [0.15, 0.2) is 0 Å². The first kappa shape index (κ1) is 14.4. The van der Waals surface area contributed by atoms with Gasteiger partial charge in [-0.25, -0.2) is 0 Å². The molecule has 19 heavy (non-hydrogen) atoms. The first-order chi connectivity index (χ1) is 9.11. The zero-order chi connectivity index (χ0) is 13.7. The van der Waals surface area contributed by atoms with E-state index in [0.29, 0.717) is 0 Å². The van der Waals surface area contributed by atoms with Crippen molar-refractivity contribution in [2.24, 2.45) is 5.73 Å². The number of aryl methyl sites for hydroxylation is 1. The molecule has 1 aromatic carbocycles. The Kier molecular flexibility index (Phi) is 4.83. The van der Waals surface area contributed by atoms with E-state index >= 15 is 0 Å². The Balaban J connectivity index is 1.95. The van der Waals surface area contributed by atoms with Gasteiger partial charge in [-0.2, -0.15) is 0 Å². The Morgan fingerprint density at radius 3 is 2.68 bits per heavy atom.